The molecule has 1 aromatic carbocycles. The molecule has 4 aromatic rings. The van der Waals surface area contributed by atoms with E-state index in [1.165, 1.54) is 6.33 Å². The number of fused-ring (bicyclic) bond motifs is 2. The van der Waals surface area contributed by atoms with E-state index in [9.17, 15) is 15.3 Å². The van der Waals surface area contributed by atoms with E-state index in [4.69, 9.17) is 4.74 Å². The maximum absolute atomic E-state index is 10.5. The minimum atomic E-state index is -1.24. The topological polar surface area (TPSA) is 150 Å². The molecule has 3 aromatic heterocycles. The molecule has 11 heteroatoms. The number of nitrogens with one attached hydrogen (secondary N) is 2. The summed E-state index contributed by atoms with van der Waals surface area (Å²) in [6, 6.07) is 10.0. The zero-order valence-corrected chi connectivity index (χ0v) is 17.5. The van der Waals surface area contributed by atoms with Gasteiger partial charge in [-0.2, -0.15) is 9.97 Å². The maximum atomic E-state index is 10.5. The van der Waals surface area contributed by atoms with Crippen LogP contribution in [0, 0.1) is 0 Å². The fraction of sp³-hybridized carbons (Fsp3) is 0.364. The van der Waals surface area contributed by atoms with Crippen LogP contribution < -0.4 is 10.6 Å². The van der Waals surface area contributed by atoms with Gasteiger partial charge in [0.05, 0.1) is 24.1 Å². The van der Waals surface area contributed by atoms with Crippen molar-refractivity contribution in [1.29, 1.82) is 0 Å². The molecule has 2 aliphatic rings. The van der Waals surface area contributed by atoms with Crippen molar-refractivity contribution in [3.63, 3.8) is 0 Å². The van der Waals surface area contributed by atoms with Crippen molar-refractivity contribution in [2.75, 3.05) is 17.2 Å². The van der Waals surface area contributed by atoms with E-state index in [1.54, 1.807) is 10.8 Å². The third-order valence-corrected chi connectivity index (χ3v) is 6.01. The molecule has 0 radical (unpaired) electrons. The highest BCUT2D eigenvalue weighted by molar-refractivity contribution is 5.92. The summed E-state index contributed by atoms with van der Waals surface area (Å²) < 4.78 is 7.26. The van der Waals surface area contributed by atoms with Crippen molar-refractivity contribution in [1.82, 2.24) is 24.5 Å². The number of aromatic nitrogens is 5. The van der Waals surface area contributed by atoms with Gasteiger partial charge in [-0.3, -0.25) is 9.55 Å². The third kappa shape index (κ3) is 3.55. The molecule has 0 amide bonds. The fourth-order valence-electron chi connectivity index (χ4n) is 4.12. The van der Waals surface area contributed by atoms with E-state index >= 15 is 0 Å². The van der Waals surface area contributed by atoms with Gasteiger partial charge in [0.25, 0.3) is 0 Å². The molecule has 1 aliphatic carbocycles. The van der Waals surface area contributed by atoms with Gasteiger partial charge in [-0.05, 0) is 25.0 Å². The predicted molar refractivity (Wildman–Crippen MR) is 120 cm³/mol. The SMILES string of the molecule is OCC1OC(n2cnc3c(NC4CC4)nc(Nc4cccc5cccnc45)nc32)C(O)C1O. The monoisotopic (exact) mass is 449 g/mol. The number of nitrogens with zero attached hydrogens (tertiary/aromatic N) is 5. The first-order valence-corrected chi connectivity index (χ1v) is 10.9. The maximum Gasteiger partial charge on any atom is 0.231 e. The number of aliphatic hydroxyl groups excluding tert-OH is 3. The second kappa shape index (κ2) is 7.89. The molecular weight excluding hydrogens is 426 g/mol. The average molecular weight is 449 g/mol. The summed E-state index contributed by atoms with van der Waals surface area (Å²) in [6.07, 6.45) is 1.03. The molecular formula is C22H23N7O4. The minimum Gasteiger partial charge on any atom is -0.394 e. The number of imidazole rings is 1. The molecule has 1 aliphatic heterocycles. The van der Waals surface area contributed by atoms with Crippen molar-refractivity contribution in [2.24, 2.45) is 0 Å². The van der Waals surface area contributed by atoms with Crippen LogP contribution in [0.15, 0.2) is 42.9 Å². The average Bonchev–Trinajstić information content (AvgIpc) is 3.48. The zero-order chi connectivity index (χ0) is 22.5. The Morgan fingerprint density at radius 1 is 1.03 bits per heavy atom. The van der Waals surface area contributed by atoms with Gasteiger partial charge in [-0.25, -0.2) is 4.98 Å². The number of hydrogen-bond acceptors (Lipinski definition) is 10. The van der Waals surface area contributed by atoms with E-state index in [0.29, 0.717) is 29.0 Å². The smallest absolute Gasteiger partial charge is 0.231 e. The van der Waals surface area contributed by atoms with Crippen LogP contribution in [-0.2, 0) is 4.74 Å². The van der Waals surface area contributed by atoms with Gasteiger partial charge in [0, 0.05) is 17.6 Å². The zero-order valence-electron chi connectivity index (χ0n) is 17.5. The Hall–Kier alpha value is -3.38. The third-order valence-electron chi connectivity index (χ3n) is 6.01. The first-order chi connectivity index (χ1) is 16.1. The Morgan fingerprint density at radius 2 is 1.88 bits per heavy atom. The van der Waals surface area contributed by atoms with Crippen LogP contribution in [0.5, 0.6) is 0 Å². The highest BCUT2D eigenvalue weighted by atomic mass is 16.6. The van der Waals surface area contributed by atoms with Crippen molar-refractivity contribution < 1.29 is 20.1 Å². The van der Waals surface area contributed by atoms with E-state index in [1.807, 2.05) is 30.3 Å². The van der Waals surface area contributed by atoms with Crippen molar-refractivity contribution in [3.8, 4) is 0 Å². The van der Waals surface area contributed by atoms with Gasteiger partial charge >= 0.3 is 0 Å². The van der Waals surface area contributed by atoms with Crippen molar-refractivity contribution in [3.05, 3.63) is 42.9 Å². The van der Waals surface area contributed by atoms with Crippen LogP contribution in [0.25, 0.3) is 22.1 Å². The molecule has 33 heavy (non-hydrogen) atoms. The predicted octanol–water partition coefficient (Wildman–Crippen LogP) is 1.30. The lowest BCUT2D eigenvalue weighted by Gasteiger charge is -2.17. The Labute approximate surface area is 188 Å². The van der Waals surface area contributed by atoms with Crippen LogP contribution >= 0.6 is 0 Å². The van der Waals surface area contributed by atoms with Gasteiger partial charge in [0.1, 0.15) is 18.3 Å². The molecule has 4 heterocycles. The quantitative estimate of drug-likeness (QED) is 0.291. The van der Waals surface area contributed by atoms with Gasteiger partial charge in [-0.1, -0.05) is 18.2 Å². The summed E-state index contributed by atoms with van der Waals surface area (Å²) in [4.78, 5) is 18.2. The highest BCUT2D eigenvalue weighted by Gasteiger charge is 2.44. The molecule has 2 fully saturated rings. The molecule has 1 saturated carbocycles. The summed E-state index contributed by atoms with van der Waals surface area (Å²) >= 11 is 0. The minimum absolute atomic E-state index is 0.328. The molecule has 4 unspecified atom stereocenters. The lowest BCUT2D eigenvalue weighted by atomic mass is 10.1. The van der Waals surface area contributed by atoms with E-state index in [-0.39, 0.29) is 0 Å². The molecule has 0 spiro atoms. The number of ether oxygens (including phenoxy) is 1. The van der Waals surface area contributed by atoms with Crippen molar-refractivity contribution >= 4 is 39.5 Å². The number of para-hydroxylation sites is 1. The van der Waals surface area contributed by atoms with Crippen molar-refractivity contribution in [2.45, 2.75) is 43.4 Å². The normalized spacial score (nSPS) is 25.1. The van der Waals surface area contributed by atoms with Crippen LogP contribution in [-0.4, -0.2) is 70.8 Å². The number of pyridine rings is 1. The van der Waals surface area contributed by atoms with Crippen LogP contribution in [0.1, 0.15) is 19.1 Å². The van der Waals surface area contributed by atoms with Gasteiger partial charge < -0.3 is 30.7 Å². The molecule has 4 atom stereocenters. The largest absolute Gasteiger partial charge is 0.394 e. The van der Waals surface area contributed by atoms with E-state index < -0.39 is 31.1 Å². The number of anilines is 3. The Kier molecular flexibility index (Phi) is 4.84. The fourth-order valence-corrected chi connectivity index (χ4v) is 4.12. The summed E-state index contributed by atoms with van der Waals surface area (Å²) in [7, 11) is 0. The highest BCUT2D eigenvalue weighted by Crippen LogP contribution is 2.34. The summed E-state index contributed by atoms with van der Waals surface area (Å²) in [5.41, 5.74) is 2.50. The molecule has 5 N–H and O–H groups in total. The second-order valence-electron chi connectivity index (χ2n) is 8.37. The number of aliphatic hydroxyl groups is 3. The molecule has 1 saturated heterocycles. The summed E-state index contributed by atoms with van der Waals surface area (Å²) in [6.45, 7) is -0.411. The summed E-state index contributed by atoms with van der Waals surface area (Å²) in [5, 5.41) is 37.8. The number of benzene rings is 1. The first kappa shape index (κ1) is 20.2. The van der Waals surface area contributed by atoms with Crippen LogP contribution in [0.4, 0.5) is 17.5 Å². The summed E-state index contributed by atoms with van der Waals surface area (Å²) in [5.74, 6) is 0.904. The first-order valence-electron chi connectivity index (χ1n) is 10.9. The Bertz CT molecular complexity index is 1320. The van der Waals surface area contributed by atoms with Gasteiger partial charge in [-0.15, -0.1) is 0 Å². The lowest BCUT2D eigenvalue weighted by molar-refractivity contribution is -0.0511. The Balaban J connectivity index is 1.44. The van der Waals surface area contributed by atoms with E-state index in [2.05, 4.69) is 30.6 Å². The van der Waals surface area contributed by atoms with Gasteiger partial charge in [0.2, 0.25) is 5.95 Å². The molecule has 170 valence electrons. The molecule has 11 nitrogen and oxygen atoms in total. The molecule has 6 rings (SSSR count). The second-order valence-corrected chi connectivity index (χ2v) is 8.37. The number of hydrogen-bond donors (Lipinski definition) is 5. The van der Waals surface area contributed by atoms with Crippen LogP contribution in [0.2, 0.25) is 0 Å². The van der Waals surface area contributed by atoms with E-state index in [0.717, 1.165) is 29.4 Å². The standard InChI is InChI=1S/C22H23N7O4/c30-9-14-17(31)18(32)21(33-14)29-10-24-16-19(25-12-6-7-12)27-22(28-20(16)29)26-13-5-1-3-11-4-2-8-23-15(11)13/h1-5,8,10,12,14,17-18,21,30-32H,6-7,9H2,(H2,25,26,27,28). The molecule has 0 bridgehead atoms. The van der Waals surface area contributed by atoms with Crippen LogP contribution in [0.3, 0.4) is 0 Å². The Morgan fingerprint density at radius 3 is 2.67 bits per heavy atom. The lowest BCUT2D eigenvalue weighted by Crippen LogP contribution is -2.33. The van der Waals surface area contributed by atoms with Gasteiger partial charge in [0.15, 0.2) is 23.2 Å². The number of rotatable bonds is 6.